The Morgan fingerprint density at radius 3 is 2.89 bits per heavy atom. The van der Waals surface area contributed by atoms with Gasteiger partial charge >= 0.3 is 0 Å². The van der Waals surface area contributed by atoms with E-state index in [1.807, 2.05) is 6.07 Å². The maximum Gasteiger partial charge on any atom is 0.228 e. The third kappa shape index (κ3) is 2.37. The second kappa shape index (κ2) is 4.80. The fourth-order valence-corrected chi connectivity index (χ4v) is 3.31. The van der Waals surface area contributed by atoms with Crippen molar-refractivity contribution < 1.29 is 4.79 Å². The highest BCUT2D eigenvalue weighted by Crippen LogP contribution is 2.49. The van der Waals surface area contributed by atoms with Gasteiger partial charge in [0.1, 0.15) is 0 Å². The summed E-state index contributed by atoms with van der Waals surface area (Å²) in [5, 5.41) is 7.15. The molecule has 3 nitrogen and oxygen atoms in total. The molecule has 4 heteroatoms. The van der Waals surface area contributed by atoms with E-state index in [9.17, 15) is 4.79 Å². The number of halogens is 1. The van der Waals surface area contributed by atoms with Crippen LogP contribution in [0.5, 0.6) is 0 Å². The van der Waals surface area contributed by atoms with Crippen LogP contribution in [0.4, 0.5) is 5.69 Å². The molecule has 1 fully saturated rings. The van der Waals surface area contributed by atoms with Gasteiger partial charge in [-0.3, -0.25) is 4.79 Å². The average molecular weight is 279 g/mol. The summed E-state index contributed by atoms with van der Waals surface area (Å²) < 4.78 is 0. The molecule has 0 saturated heterocycles. The van der Waals surface area contributed by atoms with Crippen LogP contribution in [-0.2, 0) is 11.2 Å². The molecule has 0 radical (unpaired) electrons. The average Bonchev–Trinajstić information content (AvgIpc) is 2.95. The van der Waals surface area contributed by atoms with E-state index in [-0.39, 0.29) is 5.91 Å². The van der Waals surface area contributed by atoms with Gasteiger partial charge in [-0.2, -0.15) is 0 Å². The number of hydrogen-bond donors (Lipinski definition) is 2. The largest absolute Gasteiger partial charge is 0.325 e. The molecule has 102 valence electrons. The zero-order chi connectivity index (χ0) is 13.6. The van der Waals surface area contributed by atoms with Gasteiger partial charge < -0.3 is 10.6 Å². The summed E-state index contributed by atoms with van der Waals surface area (Å²) >= 11 is 6.41. The summed E-state index contributed by atoms with van der Waals surface area (Å²) in [6.07, 6.45) is 1.72. The number of nitrogens with one attached hydrogen (secondary N) is 2. The highest BCUT2D eigenvalue weighted by molar-refractivity contribution is 6.32. The quantitative estimate of drug-likeness (QED) is 0.888. The summed E-state index contributed by atoms with van der Waals surface area (Å²) in [6.45, 7) is 5.33. The van der Waals surface area contributed by atoms with Crippen LogP contribution in [-0.4, -0.2) is 12.5 Å². The van der Waals surface area contributed by atoms with Crippen molar-refractivity contribution in [3.8, 4) is 0 Å². The zero-order valence-electron chi connectivity index (χ0n) is 11.3. The summed E-state index contributed by atoms with van der Waals surface area (Å²) in [5.41, 5.74) is 3.09. The van der Waals surface area contributed by atoms with Crippen molar-refractivity contribution in [3.63, 3.8) is 0 Å². The molecule has 2 N–H and O–H groups in total. The number of benzene rings is 1. The van der Waals surface area contributed by atoms with Gasteiger partial charge in [0, 0.05) is 16.8 Å². The molecule has 1 heterocycles. The van der Waals surface area contributed by atoms with Crippen LogP contribution >= 0.6 is 11.6 Å². The lowest BCUT2D eigenvalue weighted by molar-refractivity contribution is -0.115. The summed E-state index contributed by atoms with van der Waals surface area (Å²) in [5.74, 6) is 1.48. The van der Waals surface area contributed by atoms with Crippen LogP contribution in [0, 0.1) is 11.8 Å². The van der Waals surface area contributed by atoms with Crippen LogP contribution in [0.3, 0.4) is 0 Å². The van der Waals surface area contributed by atoms with E-state index in [1.54, 1.807) is 0 Å². The molecule has 1 aliphatic carbocycles. The van der Waals surface area contributed by atoms with Crippen molar-refractivity contribution >= 4 is 23.2 Å². The van der Waals surface area contributed by atoms with E-state index in [0.29, 0.717) is 18.4 Å². The molecule has 1 amide bonds. The highest BCUT2D eigenvalue weighted by atomic mass is 35.5. The molecule has 1 aromatic rings. The summed E-state index contributed by atoms with van der Waals surface area (Å²) in [7, 11) is 0. The second-order valence-electron chi connectivity index (χ2n) is 5.67. The van der Waals surface area contributed by atoms with E-state index < -0.39 is 0 Å². The second-order valence-corrected chi connectivity index (χ2v) is 6.08. The van der Waals surface area contributed by atoms with Crippen molar-refractivity contribution in [2.75, 3.05) is 11.9 Å². The van der Waals surface area contributed by atoms with Crippen LogP contribution in [0.25, 0.3) is 0 Å². The molecule has 1 aliphatic heterocycles. The van der Waals surface area contributed by atoms with Gasteiger partial charge in [0.15, 0.2) is 0 Å². The number of carbonyl (C=O) groups is 1. The lowest BCUT2D eigenvalue weighted by atomic mass is 9.97. The van der Waals surface area contributed by atoms with Crippen LogP contribution in [0.1, 0.15) is 37.4 Å². The van der Waals surface area contributed by atoms with Gasteiger partial charge in [0.05, 0.1) is 6.42 Å². The van der Waals surface area contributed by atoms with Crippen LogP contribution < -0.4 is 10.6 Å². The summed E-state index contributed by atoms with van der Waals surface area (Å²) in [6, 6.07) is 4.32. The number of fused-ring (bicyclic) bond motifs is 1. The maximum absolute atomic E-state index is 11.4. The Morgan fingerprint density at radius 1 is 1.53 bits per heavy atom. The molecule has 0 spiro atoms. The molecule has 0 bridgehead atoms. The van der Waals surface area contributed by atoms with Crippen molar-refractivity contribution in [1.82, 2.24) is 5.32 Å². The fourth-order valence-electron chi connectivity index (χ4n) is 3.03. The first-order chi connectivity index (χ1) is 9.10. The van der Waals surface area contributed by atoms with Gasteiger partial charge in [-0.25, -0.2) is 0 Å². The third-order valence-corrected chi connectivity index (χ3v) is 4.53. The molecule has 3 rings (SSSR count). The van der Waals surface area contributed by atoms with E-state index in [2.05, 4.69) is 30.5 Å². The first-order valence-corrected chi connectivity index (χ1v) is 7.33. The Bertz CT molecular complexity index is 529. The SMILES string of the molecule is CCNC(c1cc2c(cc1Cl)NC(=O)C2)C1CC1C. The highest BCUT2D eigenvalue weighted by Gasteiger charge is 2.40. The molecule has 1 saturated carbocycles. The normalized spacial score (nSPS) is 25.9. The van der Waals surface area contributed by atoms with Gasteiger partial charge in [-0.05, 0) is 42.0 Å². The molecular formula is C15H19ClN2O. The molecular weight excluding hydrogens is 260 g/mol. The smallest absolute Gasteiger partial charge is 0.228 e. The van der Waals surface area contributed by atoms with Crippen LogP contribution in [0.2, 0.25) is 5.02 Å². The van der Waals surface area contributed by atoms with Crippen molar-refractivity contribution in [1.29, 1.82) is 0 Å². The topological polar surface area (TPSA) is 41.1 Å². The van der Waals surface area contributed by atoms with Gasteiger partial charge in [0.25, 0.3) is 0 Å². The monoisotopic (exact) mass is 278 g/mol. The minimum Gasteiger partial charge on any atom is -0.325 e. The Labute approximate surface area is 118 Å². The number of anilines is 1. The van der Waals surface area contributed by atoms with Gasteiger partial charge in [-0.15, -0.1) is 0 Å². The number of amides is 1. The molecule has 3 unspecified atom stereocenters. The number of rotatable bonds is 4. The van der Waals surface area contributed by atoms with Crippen molar-refractivity contribution in [3.05, 3.63) is 28.3 Å². The Kier molecular flexibility index (Phi) is 3.27. The van der Waals surface area contributed by atoms with E-state index in [4.69, 9.17) is 11.6 Å². The maximum atomic E-state index is 11.4. The van der Waals surface area contributed by atoms with E-state index >= 15 is 0 Å². The minimum atomic E-state index is 0.0583. The predicted molar refractivity (Wildman–Crippen MR) is 77.5 cm³/mol. The van der Waals surface area contributed by atoms with E-state index in [0.717, 1.165) is 34.3 Å². The molecule has 0 aromatic heterocycles. The lowest BCUT2D eigenvalue weighted by Crippen LogP contribution is -2.23. The molecule has 19 heavy (non-hydrogen) atoms. The van der Waals surface area contributed by atoms with Crippen LogP contribution in [0.15, 0.2) is 12.1 Å². The van der Waals surface area contributed by atoms with Gasteiger partial charge in [0.2, 0.25) is 5.91 Å². The third-order valence-electron chi connectivity index (χ3n) is 4.21. The first kappa shape index (κ1) is 12.9. The molecule has 1 aromatic carbocycles. The predicted octanol–water partition coefficient (Wildman–Crippen LogP) is 3.14. The minimum absolute atomic E-state index is 0.0583. The Hall–Kier alpha value is -1.06. The Balaban J connectivity index is 1.95. The van der Waals surface area contributed by atoms with Crippen molar-refractivity contribution in [2.24, 2.45) is 11.8 Å². The molecule has 3 atom stereocenters. The first-order valence-electron chi connectivity index (χ1n) is 6.95. The number of hydrogen-bond acceptors (Lipinski definition) is 2. The Morgan fingerprint density at radius 2 is 2.26 bits per heavy atom. The van der Waals surface area contributed by atoms with E-state index in [1.165, 1.54) is 6.42 Å². The standard InChI is InChI=1S/C15H19ClN2O/c1-3-17-15(10-4-8(10)2)11-5-9-6-14(19)18-13(9)7-12(11)16/h5,7-8,10,15,17H,3-4,6H2,1-2H3,(H,18,19). The summed E-state index contributed by atoms with van der Waals surface area (Å²) in [4.78, 5) is 11.4. The van der Waals surface area contributed by atoms with Gasteiger partial charge in [-0.1, -0.05) is 31.5 Å². The fraction of sp³-hybridized carbons (Fsp3) is 0.533. The molecule has 2 aliphatic rings. The zero-order valence-corrected chi connectivity index (χ0v) is 12.1. The number of carbonyl (C=O) groups excluding carboxylic acids is 1. The lowest BCUT2D eigenvalue weighted by Gasteiger charge is -2.20. The van der Waals surface area contributed by atoms with Crippen molar-refractivity contribution in [2.45, 2.75) is 32.7 Å².